The fourth-order valence-corrected chi connectivity index (χ4v) is 1.81. The van der Waals surface area contributed by atoms with Crippen LogP contribution in [-0.2, 0) is 0 Å². The Morgan fingerprint density at radius 1 is 1.06 bits per heavy atom. The fraction of sp³-hybridized carbons (Fsp3) is 0.438. The van der Waals surface area contributed by atoms with Gasteiger partial charge in [0.1, 0.15) is 0 Å². The van der Waals surface area contributed by atoms with Gasteiger partial charge >= 0.3 is 0 Å². The summed E-state index contributed by atoms with van der Waals surface area (Å²) in [4.78, 5) is 4.33. The maximum atomic E-state index is 4.33. The smallest absolute Gasteiger partial charge is 0.0907 e. The van der Waals surface area contributed by atoms with Crippen LogP contribution in [0.25, 0.3) is 10.2 Å². The van der Waals surface area contributed by atoms with Gasteiger partial charge < -0.3 is 0 Å². The summed E-state index contributed by atoms with van der Waals surface area (Å²) in [5.41, 5.74) is 2.28. The predicted molar refractivity (Wildman–Crippen MR) is 87.5 cm³/mol. The number of benzene rings is 1. The quantitative estimate of drug-likeness (QED) is 0.514. The van der Waals surface area contributed by atoms with E-state index in [-0.39, 0.29) is 0 Å². The van der Waals surface area contributed by atoms with Crippen molar-refractivity contribution in [2.75, 3.05) is 0 Å². The topological polar surface area (TPSA) is 12.9 Å². The SMILES string of the molecule is C=C(C)C.CC.CC.Cc1nc2ccccc2s1. The Labute approximate surface area is 117 Å². The maximum absolute atomic E-state index is 4.33. The molecular weight excluding hydrogens is 238 g/mol. The van der Waals surface area contributed by atoms with Gasteiger partial charge in [-0.25, -0.2) is 4.98 Å². The van der Waals surface area contributed by atoms with E-state index in [1.165, 1.54) is 10.3 Å². The minimum Gasteiger partial charge on any atom is -0.242 e. The summed E-state index contributed by atoms with van der Waals surface area (Å²) in [5, 5.41) is 1.14. The Morgan fingerprint density at radius 3 is 1.94 bits per heavy atom. The molecule has 1 heterocycles. The van der Waals surface area contributed by atoms with Crippen molar-refractivity contribution in [2.45, 2.75) is 48.5 Å². The van der Waals surface area contributed by atoms with Crippen LogP contribution in [0.4, 0.5) is 0 Å². The van der Waals surface area contributed by atoms with Crippen LogP contribution >= 0.6 is 11.3 Å². The molecule has 0 unspecified atom stereocenters. The van der Waals surface area contributed by atoms with Gasteiger partial charge in [0.25, 0.3) is 0 Å². The summed E-state index contributed by atoms with van der Waals surface area (Å²) in [6, 6.07) is 8.19. The molecule has 0 amide bonds. The second-order valence-corrected chi connectivity index (χ2v) is 4.64. The van der Waals surface area contributed by atoms with Gasteiger partial charge in [-0.05, 0) is 32.9 Å². The van der Waals surface area contributed by atoms with Crippen molar-refractivity contribution < 1.29 is 0 Å². The number of para-hydroxylation sites is 1. The highest BCUT2D eigenvalue weighted by Crippen LogP contribution is 2.19. The van der Waals surface area contributed by atoms with E-state index in [0.717, 1.165) is 10.5 Å². The lowest BCUT2D eigenvalue weighted by molar-refractivity contribution is 1.35. The molecule has 0 bridgehead atoms. The molecule has 0 radical (unpaired) electrons. The standard InChI is InChI=1S/C8H7NS.C4H8.2C2H6/c1-6-9-7-4-2-3-5-8(7)10-6;1-4(2)3;2*1-2/h2-5H,1H3;1H2,2-3H3;2*1-2H3. The number of aromatic nitrogens is 1. The molecule has 0 aliphatic carbocycles. The zero-order chi connectivity index (χ0) is 14.6. The van der Waals surface area contributed by atoms with Gasteiger partial charge in [0, 0.05) is 0 Å². The number of fused-ring (bicyclic) bond motifs is 1. The number of nitrogens with zero attached hydrogens (tertiary/aromatic N) is 1. The lowest BCUT2D eigenvalue weighted by atomic mass is 10.3. The molecule has 1 nitrogen and oxygen atoms in total. The summed E-state index contributed by atoms with van der Waals surface area (Å²) >= 11 is 1.74. The molecule has 0 N–H and O–H groups in total. The van der Waals surface area contributed by atoms with E-state index in [2.05, 4.69) is 17.6 Å². The van der Waals surface area contributed by atoms with Gasteiger partial charge in [-0.15, -0.1) is 17.9 Å². The van der Waals surface area contributed by atoms with Gasteiger partial charge in [-0.3, -0.25) is 0 Å². The monoisotopic (exact) mass is 265 g/mol. The average molecular weight is 265 g/mol. The van der Waals surface area contributed by atoms with Gasteiger partial charge in [-0.2, -0.15) is 0 Å². The zero-order valence-corrected chi connectivity index (χ0v) is 13.7. The number of rotatable bonds is 0. The van der Waals surface area contributed by atoms with E-state index in [4.69, 9.17) is 0 Å². The predicted octanol–water partition coefficient (Wildman–Crippen LogP) is 6.24. The molecule has 2 heteroatoms. The molecular formula is C16H27NS. The highest BCUT2D eigenvalue weighted by Gasteiger charge is 1.95. The molecule has 2 rings (SSSR count). The molecule has 102 valence electrons. The first-order chi connectivity index (χ1) is 8.59. The van der Waals surface area contributed by atoms with Gasteiger partial charge in [-0.1, -0.05) is 45.4 Å². The fourth-order valence-electron chi connectivity index (χ4n) is 0.987. The molecule has 0 spiro atoms. The van der Waals surface area contributed by atoms with Crippen LogP contribution in [0.5, 0.6) is 0 Å². The van der Waals surface area contributed by atoms with Gasteiger partial charge in [0.2, 0.25) is 0 Å². The van der Waals surface area contributed by atoms with Crippen LogP contribution in [0.3, 0.4) is 0 Å². The van der Waals surface area contributed by atoms with Crippen molar-refractivity contribution in [3.8, 4) is 0 Å². The lowest BCUT2D eigenvalue weighted by Crippen LogP contribution is -1.65. The molecule has 0 saturated heterocycles. The zero-order valence-electron chi connectivity index (χ0n) is 12.9. The summed E-state index contributed by atoms with van der Waals surface area (Å²) in [6.07, 6.45) is 0. The van der Waals surface area contributed by atoms with Crippen molar-refractivity contribution in [1.29, 1.82) is 0 Å². The second kappa shape index (κ2) is 12.3. The van der Waals surface area contributed by atoms with Crippen LogP contribution in [0.15, 0.2) is 36.4 Å². The number of allylic oxidation sites excluding steroid dienone is 1. The second-order valence-electron chi connectivity index (χ2n) is 3.41. The summed E-state index contributed by atoms with van der Waals surface area (Å²) < 4.78 is 1.28. The van der Waals surface area contributed by atoms with Gasteiger partial charge in [0.05, 0.1) is 15.2 Å². The third kappa shape index (κ3) is 8.94. The molecule has 2 aromatic rings. The first kappa shape index (κ1) is 19.2. The van der Waals surface area contributed by atoms with Gasteiger partial charge in [0.15, 0.2) is 0 Å². The van der Waals surface area contributed by atoms with Crippen LogP contribution in [0.1, 0.15) is 46.6 Å². The first-order valence-electron chi connectivity index (χ1n) is 6.54. The minimum atomic E-state index is 1.12. The van der Waals surface area contributed by atoms with Crippen LogP contribution in [0.2, 0.25) is 0 Å². The van der Waals surface area contributed by atoms with Crippen molar-refractivity contribution in [3.05, 3.63) is 41.4 Å². The molecule has 0 aliphatic rings. The molecule has 0 saturated carbocycles. The number of thiazole rings is 1. The molecule has 0 fully saturated rings. The Bertz CT molecular complexity index is 392. The van der Waals surface area contributed by atoms with Crippen molar-refractivity contribution in [2.24, 2.45) is 0 Å². The van der Waals surface area contributed by atoms with E-state index in [1.54, 1.807) is 11.3 Å². The van der Waals surface area contributed by atoms with Crippen LogP contribution < -0.4 is 0 Å². The number of hydrogen-bond acceptors (Lipinski definition) is 2. The molecule has 0 atom stereocenters. The third-order valence-corrected chi connectivity index (χ3v) is 2.35. The highest BCUT2D eigenvalue weighted by atomic mass is 32.1. The van der Waals surface area contributed by atoms with E-state index in [0.29, 0.717) is 0 Å². The Balaban J connectivity index is 0. The highest BCUT2D eigenvalue weighted by molar-refractivity contribution is 7.18. The number of hydrogen-bond donors (Lipinski definition) is 0. The first-order valence-corrected chi connectivity index (χ1v) is 7.35. The normalized spacial score (nSPS) is 7.94. The third-order valence-electron chi connectivity index (χ3n) is 1.40. The van der Waals surface area contributed by atoms with E-state index in [1.807, 2.05) is 66.7 Å². The molecule has 1 aromatic heterocycles. The van der Waals surface area contributed by atoms with E-state index >= 15 is 0 Å². The number of aryl methyl sites for hydroxylation is 1. The van der Waals surface area contributed by atoms with E-state index < -0.39 is 0 Å². The van der Waals surface area contributed by atoms with Crippen molar-refractivity contribution >= 4 is 21.6 Å². The van der Waals surface area contributed by atoms with Crippen molar-refractivity contribution in [3.63, 3.8) is 0 Å². The molecule has 0 aliphatic heterocycles. The largest absolute Gasteiger partial charge is 0.242 e. The summed E-state index contributed by atoms with van der Waals surface area (Å²) in [7, 11) is 0. The van der Waals surface area contributed by atoms with E-state index in [9.17, 15) is 0 Å². The van der Waals surface area contributed by atoms with Crippen molar-refractivity contribution in [1.82, 2.24) is 4.98 Å². The van der Waals surface area contributed by atoms with Crippen LogP contribution in [0, 0.1) is 6.92 Å². The Morgan fingerprint density at radius 2 is 1.50 bits per heavy atom. The molecule has 18 heavy (non-hydrogen) atoms. The summed E-state index contributed by atoms with van der Waals surface area (Å²) in [6.45, 7) is 17.5. The molecule has 1 aromatic carbocycles. The summed E-state index contributed by atoms with van der Waals surface area (Å²) in [5.74, 6) is 0. The average Bonchev–Trinajstić information content (AvgIpc) is 2.73. The maximum Gasteiger partial charge on any atom is 0.0907 e. The Kier molecular flexibility index (Phi) is 13.1. The minimum absolute atomic E-state index is 1.12. The lowest BCUT2D eigenvalue weighted by Gasteiger charge is -1.80. The Hall–Kier alpha value is -1.15. The van der Waals surface area contributed by atoms with Crippen LogP contribution in [-0.4, -0.2) is 4.98 Å².